The number of carbonyl (C=O) groups excluding carboxylic acids is 1. The number of ether oxygens (including phenoxy) is 1. The average Bonchev–Trinajstić information content (AvgIpc) is 2.84. The van der Waals surface area contributed by atoms with Crippen LogP contribution in [-0.4, -0.2) is 26.4 Å². The summed E-state index contributed by atoms with van der Waals surface area (Å²) in [6.45, 7) is 1.88. The molecule has 0 aromatic heterocycles. The van der Waals surface area contributed by atoms with Crippen molar-refractivity contribution in [2.75, 3.05) is 12.4 Å². The van der Waals surface area contributed by atoms with E-state index in [2.05, 4.69) is 37.2 Å². The summed E-state index contributed by atoms with van der Waals surface area (Å²) in [5.41, 5.74) is 0.661. The molecule has 0 saturated carbocycles. The van der Waals surface area contributed by atoms with Gasteiger partial charge in [-0.2, -0.15) is 13.7 Å². The van der Waals surface area contributed by atoms with E-state index in [1.54, 1.807) is 12.1 Å². The number of rotatable bonds is 8. The quantitative estimate of drug-likeness (QED) is 0.106. The molecule has 0 unspecified atom stereocenters. The van der Waals surface area contributed by atoms with Crippen molar-refractivity contribution in [1.29, 1.82) is 5.26 Å². The second kappa shape index (κ2) is 11.5. The molecule has 3 aromatic rings. The average molecular weight is 651 g/mol. The Labute approximate surface area is 229 Å². The van der Waals surface area contributed by atoms with Crippen LogP contribution in [0.1, 0.15) is 11.1 Å². The lowest BCUT2D eigenvalue weighted by Gasteiger charge is -2.12. The Balaban J connectivity index is 1.97. The molecule has 0 bridgehead atoms. The summed E-state index contributed by atoms with van der Waals surface area (Å²) in [6, 6.07) is 14.2. The minimum atomic E-state index is -4.64. The van der Waals surface area contributed by atoms with Crippen LogP contribution in [-0.2, 0) is 14.9 Å². The largest absolute Gasteiger partial charge is 0.493 e. The number of nitro groups is 1. The van der Waals surface area contributed by atoms with Gasteiger partial charge >= 0.3 is 10.1 Å². The molecule has 190 valence electrons. The van der Waals surface area contributed by atoms with E-state index in [0.29, 0.717) is 14.6 Å². The molecule has 0 atom stereocenters. The van der Waals surface area contributed by atoms with Gasteiger partial charge in [-0.3, -0.25) is 14.9 Å². The Morgan fingerprint density at radius 3 is 2.35 bits per heavy atom. The normalized spacial score (nSPS) is 11.4. The topological polar surface area (TPSA) is 149 Å². The number of carbonyl (C=O) groups is 1. The molecule has 13 heteroatoms. The predicted molar refractivity (Wildman–Crippen MR) is 143 cm³/mol. The molecule has 3 aromatic carbocycles. The number of hydrogen-bond acceptors (Lipinski definition) is 8. The number of anilines is 1. The zero-order chi connectivity index (χ0) is 27.3. The summed E-state index contributed by atoms with van der Waals surface area (Å²) in [7, 11) is -3.36. The minimum Gasteiger partial charge on any atom is -0.493 e. The van der Waals surface area contributed by atoms with Crippen LogP contribution in [0.5, 0.6) is 11.5 Å². The van der Waals surface area contributed by atoms with Crippen LogP contribution >= 0.6 is 31.9 Å². The van der Waals surface area contributed by atoms with Crippen molar-refractivity contribution in [3.8, 4) is 17.6 Å². The van der Waals surface area contributed by atoms with E-state index in [1.165, 1.54) is 43.5 Å². The third kappa shape index (κ3) is 6.53. The molecule has 0 fully saturated rings. The van der Waals surface area contributed by atoms with Crippen molar-refractivity contribution in [3.05, 3.63) is 90.4 Å². The van der Waals surface area contributed by atoms with Gasteiger partial charge < -0.3 is 14.2 Å². The number of nitro benzene ring substituents is 1. The van der Waals surface area contributed by atoms with E-state index in [4.69, 9.17) is 8.92 Å². The Kier molecular flexibility index (Phi) is 8.69. The number of methoxy groups -OCH3 is 1. The third-order valence-electron chi connectivity index (χ3n) is 4.82. The number of halogens is 2. The standard InChI is InChI=1S/C24H17Br2N3O7S/c1-14-9-17(25)23(18(26)10-14)28-24(30)16(13-27)11-15-7-8-20(35-2)21(12-15)36-37(33,34)22-6-4-3-5-19(22)29(31)32/h3-12H,1-2H3,(H,28,30)/b16-11+. The van der Waals surface area contributed by atoms with Crippen LogP contribution in [0.15, 0.2) is 74.0 Å². The summed E-state index contributed by atoms with van der Waals surface area (Å²) in [5.74, 6) is -0.996. The van der Waals surface area contributed by atoms with Crippen molar-refractivity contribution in [2.24, 2.45) is 0 Å². The number of para-hydroxylation sites is 1. The van der Waals surface area contributed by atoms with Crippen molar-refractivity contribution in [1.82, 2.24) is 0 Å². The zero-order valence-electron chi connectivity index (χ0n) is 19.2. The highest BCUT2D eigenvalue weighted by atomic mass is 79.9. The highest BCUT2D eigenvalue weighted by Crippen LogP contribution is 2.35. The number of nitrogens with one attached hydrogen (secondary N) is 1. The number of amides is 1. The van der Waals surface area contributed by atoms with Gasteiger partial charge in [-0.1, -0.05) is 18.2 Å². The Bertz CT molecular complexity index is 1560. The summed E-state index contributed by atoms with van der Waals surface area (Å²) in [6.07, 6.45) is 1.23. The third-order valence-corrected chi connectivity index (χ3v) is 7.35. The van der Waals surface area contributed by atoms with Crippen LogP contribution in [0.2, 0.25) is 0 Å². The first-order valence-corrected chi connectivity index (χ1v) is 13.2. The number of nitrogens with zero attached hydrogens (tertiary/aromatic N) is 2. The minimum absolute atomic E-state index is 0.00906. The molecular weight excluding hydrogens is 634 g/mol. The summed E-state index contributed by atoms with van der Waals surface area (Å²) in [5, 5.41) is 23.5. The molecule has 37 heavy (non-hydrogen) atoms. The maximum Gasteiger partial charge on any atom is 0.346 e. The highest BCUT2D eigenvalue weighted by molar-refractivity contribution is 9.11. The molecule has 0 spiro atoms. The molecule has 0 heterocycles. The number of aryl methyl sites for hydroxylation is 1. The molecule has 0 aliphatic carbocycles. The fraction of sp³-hybridized carbons (Fsp3) is 0.0833. The van der Waals surface area contributed by atoms with E-state index in [9.17, 15) is 28.6 Å². The molecule has 10 nitrogen and oxygen atoms in total. The first-order valence-electron chi connectivity index (χ1n) is 10.2. The molecule has 1 amide bonds. The monoisotopic (exact) mass is 649 g/mol. The van der Waals surface area contributed by atoms with Gasteiger partial charge in [0, 0.05) is 15.0 Å². The smallest absolute Gasteiger partial charge is 0.346 e. The number of hydrogen-bond donors (Lipinski definition) is 1. The van der Waals surface area contributed by atoms with Crippen LogP contribution in [0, 0.1) is 28.4 Å². The van der Waals surface area contributed by atoms with Gasteiger partial charge in [-0.25, -0.2) is 0 Å². The van der Waals surface area contributed by atoms with E-state index in [0.717, 1.165) is 17.7 Å². The van der Waals surface area contributed by atoms with Gasteiger partial charge in [-0.15, -0.1) is 0 Å². The SMILES string of the molecule is COc1ccc(/C=C(\C#N)C(=O)Nc2c(Br)cc(C)cc2Br)cc1OS(=O)(=O)c1ccccc1[N+](=O)[O-]. The van der Waals surface area contributed by atoms with Crippen molar-refractivity contribution >= 4 is 65.3 Å². The first kappa shape index (κ1) is 27.9. The second-order valence-electron chi connectivity index (χ2n) is 7.40. The number of nitriles is 1. The first-order chi connectivity index (χ1) is 17.5. The maximum absolute atomic E-state index is 12.9. The van der Waals surface area contributed by atoms with Crippen LogP contribution in [0.3, 0.4) is 0 Å². The van der Waals surface area contributed by atoms with Gasteiger partial charge in [0.2, 0.25) is 0 Å². The van der Waals surface area contributed by atoms with E-state index in [-0.39, 0.29) is 22.6 Å². The lowest BCUT2D eigenvalue weighted by molar-refractivity contribution is -0.387. The summed E-state index contributed by atoms with van der Waals surface area (Å²) in [4.78, 5) is 22.6. The van der Waals surface area contributed by atoms with Gasteiger partial charge in [-0.05, 0) is 86.3 Å². The Morgan fingerprint density at radius 1 is 1.11 bits per heavy atom. The van der Waals surface area contributed by atoms with Gasteiger partial charge in [0.1, 0.15) is 11.6 Å². The Morgan fingerprint density at radius 2 is 1.76 bits per heavy atom. The zero-order valence-corrected chi connectivity index (χ0v) is 23.2. The highest BCUT2D eigenvalue weighted by Gasteiger charge is 2.28. The summed E-state index contributed by atoms with van der Waals surface area (Å²) >= 11 is 6.75. The van der Waals surface area contributed by atoms with Gasteiger partial charge in [0.25, 0.3) is 11.6 Å². The van der Waals surface area contributed by atoms with Crippen molar-refractivity contribution in [3.63, 3.8) is 0 Å². The van der Waals surface area contributed by atoms with Crippen molar-refractivity contribution in [2.45, 2.75) is 11.8 Å². The van der Waals surface area contributed by atoms with Crippen molar-refractivity contribution < 1.29 is 27.1 Å². The Hall–Kier alpha value is -3.73. The molecule has 0 radical (unpaired) electrons. The predicted octanol–water partition coefficient (Wildman–Crippen LogP) is 5.75. The van der Waals surface area contributed by atoms with Crippen LogP contribution in [0.25, 0.3) is 6.08 Å². The fourth-order valence-electron chi connectivity index (χ4n) is 3.15. The molecule has 1 N–H and O–H groups in total. The van der Waals surface area contributed by atoms with E-state index >= 15 is 0 Å². The van der Waals surface area contributed by atoms with E-state index in [1.807, 2.05) is 13.0 Å². The fourth-order valence-corrected chi connectivity index (χ4v) is 5.86. The summed E-state index contributed by atoms with van der Waals surface area (Å²) < 4.78 is 37.3. The molecule has 0 aliphatic rings. The number of benzene rings is 3. The van der Waals surface area contributed by atoms with Crippen LogP contribution < -0.4 is 14.2 Å². The van der Waals surface area contributed by atoms with E-state index < -0.39 is 31.5 Å². The molecule has 0 saturated heterocycles. The maximum atomic E-state index is 12.9. The molecular formula is C24H17Br2N3O7S. The second-order valence-corrected chi connectivity index (χ2v) is 10.6. The lowest BCUT2D eigenvalue weighted by Crippen LogP contribution is -2.14. The van der Waals surface area contributed by atoms with Gasteiger partial charge in [0.15, 0.2) is 16.4 Å². The van der Waals surface area contributed by atoms with Crippen LogP contribution in [0.4, 0.5) is 11.4 Å². The van der Waals surface area contributed by atoms with Gasteiger partial charge in [0.05, 0.1) is 17.7 Å². The lowest BCUT2D eigenvalue weighted by atomic mass is 10.1. The molecule has 0 aliphatic heterocycles. The molecule has 3 rings (SSSR count).